The van der Waals surface area contributed by atoms with E-state index in [2.05, 4.69) is 15.2 Å². The number of amides is 2. The first-order valence-corrected chi connectivity index (χ1v) is 12.1. The summed E-state index contributed by atoms with van der Waals surface area (Å²) in [6.07, 6.45) is -2.43. The lowest BCUT2D eigenvalue weighted by Gasteiger charge is -2.38. The minimum Gasteiger partial charge on any atom is -0.444 e. The van der Waals surface area contributed by atoms with Crippen LogP contribution in [-0.2, 0) is 16.1 Å². The van der Waals surface area contributed by atoms with E-state index in [0.717, 1.165) is 0 Å². The highest BCUT2D eigenvalue weighted by Gasteiger charge is 2.46. The van der Waals surface area contributed by atoms with E-state index in [9.17, 15) is 18.4 Å². The molecular formula is C26H28F3N5O4. The molecule has 2 aromatic heterocycles. The van der Waals surface area contributed by atoms with Crippen LogP contribution in [0.3, 0.4) is 0 Å². The number of likely N-dealkylation sites (tertiary alicyclic amines) is 1. The lowest BCUT2D eigenvalue weighted by molar-refractivity contribution is -0.133. The van der Waals surface area contributed by atoms with Crippen molar-refractivity contribution < 1.29 is 31.9 Å². The van der Waals surface area contributed by atoms with Gasteiger partial charge in [0.2, 0.25) is 5.89 Å². The van der Waals surface area contributed by atoms with Crippen LogP contribution >= 0.6 is 0 Å². The molecule has 1 aliphatic heterocycles. The number of carbonyl (C=O) groups excluding carboxylic acids is 2. The maximum Gasteiger partial charge on any atom is 0.410 e. The molecule has 202 valence electrons. The number of hydrogen-bond donors (Lipinski definition) is 0. The molecule has 38 heavy (non-hydrogen) atoms. The van der Waals surface area contributed by atoms with Crippen LogP contribution in [0.4, 0.5) is 23.7 Å². The standard InChI is InChI=1S/C26H28F3N5O4/c1-25(2,3)38-24(36)33-13-11-26(29,12-14-33)23(35)34(19-7-5-4-6-8-19)16-18-10-9-17(15-30-18)21-31-32-22(37-21)20(27)28/h4-10,15,20H,11-14,16H2,1-3H3. The summed E-state index contributed by atoms with van der Waals surface area (Å²) in [6.45, 7) is 5.28. The molecule has 2 amide bonds. The van der Waals surface area contributed by atoms with E-state index < -0.39 is 35.6 Å². The van der Waals surface area contributed by atoms with Crippen molar-refractivity contribution in [2.24, 2.45) is 0 Å². The highest BCUT2D eigenvalue weighted by Crippen LogP contribution is 2.32. The van der Waals surface area contributed by atoms with Crippen LogP contribution in [0.1, 0.15) is 51.6 Å². The van der Waals surface area contributed by atoms with Gasteiger partial charge in [0.15, 0.2) is 5.67 Å². The van der Waals surface area contributed by atoms with Gasteiger partial charge in [0.25, 0.3) is 11.8 Å². The molecule has 1 saturated heterocycles. The number of piperidine rings is 1. The molecule has 0 bridgehead atoms. The minimum absolute atomic E-state index is 0.0392. The van der Waals surface area contributed by atoms with Crippen LogP contribution in [-0.4, -0.2) is 56.4 Å². The molecule has 9 nitrogen and oxygen atoms in total. The van der Waals surface area contributed by atoms with Crippen LogP contribution in [0.25, 0.3) is 11.5 Å². The zero-order chi connectivity index (χ0) is 27.5. The molecule has 0 atom stereocenters. The fourth-order valence-electron chi connectivity index (χ4n) is 3.96. The van der Waals surface area contributed by atoms with Gasteiger partial charge in [-0.2, -0.15) is 8.78 Å². The van der Waals surface area contributed by atoms with Crippen molar-refractivity contribution in [3.05, 3.63) is 60.2 Å². The van der Waals surface area contributed by atoms with Gasteiger partial charge in [-0.25, -0.2) is 9.18 Å². The van der Waals surface area contributed by atoms with Crippen LogP contribution in [0.5, 0.6) is 0 Å². The first kappa shape index (κ1) is 27.1. The van der Waals surface area contributed by atoms with E-state index >= 15 is 4.39 Å². The quantitative estimate of drug-likeness (QED) is 0.423. The van der Waals surface area contributed by atoms with Crippen molar-refractivity contribution in [1.29, 1.82) is 0 Å². The Morgan fingerprint density at radius 3 is 2.34 bits per heavy atom. The summed E-state index contributed by atoms with van der Waals surface area (Å²) in [7, 11) is 0. The second-order valence-corrected chi connectivity index (χ2v) is 9.94. The van der Waals surface area contributed by atoms with Crippen LogP contribution in [0, 0.1) is 0 Å². The number of halogens is 3. The predicted molar refractivity (Wildman–Crippen MR) is 131 cm³/mol. The molecule has 3 aromatic rings. The summed E-state index contributed by atoms with van der Waals surface area (Å²) in [5.74, 6) is -1.65. The maximum absolute atomic E-state index is 16.1. The lowest BCUT2D eigenvalue weighted by Crippen LogP contribution is -2.54. The Morgan fingerprint density at radius 1 is 1.11 bits per heavy atom. The number of anilines is 1. The normalized spacial score (nSPS) is 15.4. The molecule has 0 aliphatic carbocycles. The molecule has 12 heteroatoms. The van der Waals surface area contributed by atoms with Crippen molar-refractivity contribution in [3.8, 4) is 11.5 Å². The number of ether oxygens (including phenoxy) is 1. The summed E-state index contributed by atoms with van der Waals surface area (Å²) in [5.41, 5.74) is -1.65. The Hall–Kier alpha value is -3.96. The van der Waals surface area contributed by atoms with Gasteiger partial charge in [0.05, 0.1) is 17.8 Å². The number of para-hydroxylation sites is 1. The number of alkyl halides is 3. The first-order chi connectivity index (χ1) is 17.9. The lowest BCUT2D eigenvalue weighted by atomic mass is 9.91. The number of hydrogen-bond acceptors (Lipinski definition) is 7. The van der Waals surface area contributed by atoms with Gasteiger partial charge in [0, 0.05) is 37.8 Å². The maximum atomic E-state index is 16.1. The molecule has 0 N–H and O–H groups in total. The summed E-state index contributed by atoms with van der Waals surface area (Å²) in [4.78, 5) is 33.0. The third-order valence-corrected chi connectivity index (χ3v) is 5.92. The number of nitrogens with zero attached hydrogens (tertiary/aromatic N) is 5. The second-order valence-electron chi connectivity index (χ2n) is 9.94. The summed E-state index contributed by atoms with van der Waals surface area (Å²) in [5, 5.41) is 6.89. The van der Waals surface area contributed by atoms with Gasteiger partial charge in [-0.15, -0.1) is 10.2 Å². The summed E-state index contributed by atoms with van der Waals surface area (Å²) < 4.78 is 51.9. The van der Waals surface area contributed by atoms with Gasteiger partial charge in [0.1, 0.15) is 5.60 Å². The van der Waals surface area contributed by atoms with E-state index in [1.54, 1.807) is 63.2 Å². The summed E-state index contributed by atoms with van der Waals surface area (Å²) >= 11 is 0. The monoisotopic (exact) mass is 531 g/mol. The zero-order valence-electron chi connectivity index (χ0n) is 21.2. The number of benzene rings is 1. The third kappa shape index (κ3) is 6.29. The topological polar surface area (TPSA) is 102 Å². The molecule has 1 fully saturated rings. The third-order valence-electron chi connectivity index (χ3n) is 5.92. The van der Waals surface area contributed by atoms with Gasteiger partial charge >= 0.3 is 12.5 Å². The number of pyridine rings is 1. The fourth-order valence-corrected chi connectivity index (χ4v) is 3.96. The van der Waals surface area contributed by atoms with Crippen molar-refractivity contribution in [1.82, 2.24) is 20.1 Å². The SMILES string of the molecule is CC(C)(C)OC(=O)N1CCC(F)(C(=O)N(Cc2ccc(-c3nnc(C(F)F)o3)cn2)c2ccccc2)CC1. The van der Waals surface area contributed by atoms with Crippen LogP contribution in [0.2, 0.25) is 0 Å². The first-order valence-electron chi connectivity index (χ1n) is 12.1. The number of aromatic nitrogens is 3. The fraction of sp³-hybridized carbons (Fsp3) is 0.423. The number of rotatable bonds is 6. The molecule has 1 aromatic carbocycles. The Balaban J connectivity index is 1.50. The Kier molecular flexibility index (Phi) is 7.70. The molecule has 0 saturated carbocycles. The summed E-state index contributed by atoms with van der Waals surface area (Å²) in [6, 6.07) is 11.7. The van der Waals surface area contributed by atoms with Gasteiger partial charge in [-0.1, -0.05) is 18.2 Å². The highest BCUT2D eigenvalue weighted by molar-refractivity contribution is 5.99. The Morgan fingerprint density at radius 2 is 1.79 bits per heavy atom. The molecule has 3 heterocycles. The molecule has 0 spiro atoms. The van der Waals surface area contributed by atoms with E-state index in [-0.39, 0.29) is 38.4 Å². The minimum atomic E-state index is -2.89. The van der Waals surface area contributed by atoms with Crippen molar-refractivity contribution in [2.75, 3.05) is 18.0 Å². The van der Waals surface area contributed by atoms with E-state index in [1.807, 2.05) is 0 Å². The van der Waals surface area contributed by atoms with E-state index in [4.69, 9.17) is 9.15 Å². The predicted octanol–water partition coefficient (Wildman–Crippen LogP) is 5.34. The Labute approximate surface area is 217 Å². The van der Waals surface area contributed by atoms with Crippen molar-refractivity contribution in [2.45, 2.75) is 57.9 Å². The average molecular weight is 532 g/mol. The number of carbonyl (C=O) groups is 2. The van der Waals surface area contributed by atoms with Crippen LogP contribution < -0.4 is 4.90 Å². The van der Waals surface area contributed by atoms with E-state index in [1.165, 1.54) is 16.0 Å². The van der Waals surface area contributed by atoms with E-state index in [0.29, 0.717) is 16.9 Å². The average Bonchev–Trinajstić information content (AvgIpc) is 3.38. The smallest absolute Gasteiger partial charge is 0.410 e. The Bertz CT molecular complexity index is 1250. The molecule has 0 unspecified atom stereocenters. The second kappa shape index (κ2) is 10.8. The van der Waals surface area contributed by atoms with Crippen molar-refractivity contribution in [3.63, 3.8) is 0 Å². The van der Waals surface area contributed by atoms with Gasteiger partial charge in [-0.3, -0.25) is 9.78 Å². The van der Waals surface area contributed by atoms with Gasteiger partial charge < -0.3 is 19.0 Å². The molecule has 1 aliphatic rings. The molecule has 0 radical (unpaired) electrons. The highest BCUT2D eigenvalue weighted by atomic mass is 19.3. The van der Waals surface area contributed by atoms with Crippen LogP contribution in [0.15, 0.2) is 53.1 Å². The largest absolute Gasteiger partial charge is 0.444 e. The van der Waals surface area contributed by atoms with Gasteiger partial charge in [-0.05, 0) is 45.0 Å². The molecule has 4 rings (SSSR count). The zero-order valence-corrected chi connectivity index (χ0v) is 21.2. The molecular weight excluding hydrogens is 503 g/mol. The van der Waals surface area contributed by atoms with Crippen molar-refractivity contribution >= 4 is 17.7 Å².